The van der Waals surface area contributed by atoms with Gasteiger partial charge in [0.2, 0.25) is 0 Å². The summed E-state index contributed by atoms with van der Waals surface area (Å²) in [6, 6.07) is 9.58. The van der Waals surface area contributed by atoms with Gasteiger partial charge in [-0.1, -0.05) is 23.7 Å². The number of ether oxygens (including phenoxy) is 1. The molecule has 0 saturated heterocycles. The molecule has 0 bridgehead atoms. The summed E-state index contributed by atoms with van der Waals surface area (Å²) < 4.78 is 6.36. The summed E-state index contributed by atoms with van der Waals surface area (Å²) >= 11 is 11.7. The van der Waals surface area contributed by atoms with Gasteiger partial charge >= 0.3 is 5.37 Å². The lowest BCUT2D eigenvalue weighted by atomic mass is 10.2. The van der Waals surface area contributed by atoms with E-state index >= 15 is 0 Å². The molecule has 1 aromatic carbocycles. The highest BCUT2D eigenvalue weighted by Gasteiger charge is 2.18. The zero-order valence-electron chi connectivity index (χ0n) is 13.7. The average molecular weight is 379 g/mol. The molecular weight excluding hydrogens is 363 g/mol. The second kappa shape index (κ2) is 7.29. The topological polar surface area (TPSA) is 60.2 Å². The molecule has 3 aromatic rings. The Balaban J connectivity index is 2.01. The monoisotopic (exact) mass is 378 g/mol. The van der Waals surface area contributed by atoms with Gasteiger partial charge in [0.15, 0.2) is 5.65 Å². The van der Waals surface area contributed by atoms with Crippen LogP contribution in [0.1, 0.15) is 12.5 Å². The highest BCUT2D eigenvalue weighted by Crippen LogP contribution is 2.29. The molecular formula is C17H16Cl2N4O2. The van der Waals surface area contributed by atoms with Crippen molar-refractivity contribution < 1.29 is 9.53 Å². The molecule has 2 heterocycles. The van der Waals surface area contributed by atoms with E-state index < -0.39 is 5.37 Å². The van der Waals surface area contributed by atoms with Crippen molar-refractivity contribution in [3.05, 3.63) is 47.4 Å². The molecule has 0 aliphatic carbocycles. The van der Waals surface area contributed by atoms with E-state index in [1.54, 1.807) is 13.2 Å². The van der Waals surface area contributed by atoms with E-state index in [2.05, 4.69) is 14.9 Å². The molecule has 8 heteroatoms. The zero-order valence-corrected chi connectivity index (χ0v) is 15.3. The summed E-state index contributed by atoms with van der Waals surface area (Å²) in [6.07, 6.45) is 1.36. The molecule has 0 N–H and O–H groups in total. The van der Waals surface area contributed by atoms with Gasteiger partial charge in [-0.25, -0.2) is 14.5 Å². The van der Waals surface area contributed by atoms with Gasteiger partial charge in [0.05, 0.1) is 12.8 Å². The normalized spacial score (nSPS) is 10.9. The standard InChI is InChI=1S/C17H16Cl2N4O2/c1-3-22(9-11-4-6-12(25-2)7-5-11)13-8-14(18)21-16-15(13)20-10-23(16)17(19)24/h4-8,10H,3,9H2,1-2H3. The molecule has 0 aliphatic rings. The van der Waals surface area contributed by atoms with Crippen LogP contribution in [0.4, 0.5) is 10.5 Å². The van der Waals surface area contributed by atoms with Gasteiger partial charge in [-0.05, 0) is 36.2 Å². The van der Waals surface area contributed by atoms with Gasteiger partial charge in [-0.3, -0.25) is 4.79 Å². The van der Waals surface area contributed by atoms with Crippen molar-refractivity contribution in [1.82, 2.24) is 14.5 Å². The van der Waals surface area contributed by atoms with Gasteiger partial charge in [0, 0.05) is 19.2 Å². The summed E-state index contributed by atoms with van der Waals surface area (Å²) in [5.41, 5.74) is 2.83. The Bertz CT molecular complexity index is 909. The van der Waals surface area contributed by atoms with E-state index in [1.807, 2.05) is 31.2 Å². The Morgan fingerprint density at radius 2 is 2.04 bits per heavy atom. The Morgan fingerprint density at radius 3 is 2.64 bits per heavy atom. The third-order valence-electron chi connectivity index (χ3n) is 3.90. The van der Waals surface area contributed by atoms with Gasteiger partial charge in [-0.2, -0.15) is 0 Å². The summed E-state index contributed by atoms with van der Waals surface area (Å²) in [7, 11) is 1.64. The number of carbonyl (C=O) groups is 1. The van der Waals surface area contributed by atoms with Gasteiger partial charge in [0.25, 0.3) is 0 Å². The number of halogens is 2. The Hall–Kier alpha value is -2.31. The molecule has 0 spiro atoms. The predicted molar refractivity (Wildman–Crippen MR) is 98.9 cm³/mol. The number of pyridine rings is 1. The van der Waals surface area contributed by atoms with E-state index in [0.717, 1.165) is 23.5 Å². The number of fused-ring (bicyclic) bond motifs is 1. The molecule has 0 atom stereocenters. The van der Waals surface area contributed by atoms with E-state index in [1.165, 1.54) is 10.9 Å². The molecule has 0 amide bonds. The van der Waals surface area contributed by atoms with Gasteiger partial charge in [-0.15, -0.1) is 0 Å². The second-order valence-electron chi connectivity index (χ2n) is 5.37. The number of benzene rings is 1. The van der Waals surface area contributed by atoms with Crippen LogP contribution in [0.3, 0.4) is 0 Å². The fourth-order valence-electron chi connectivity index (χ4n) is 2.63. The van der Waals surface area contributed by atoms with Crippen molar-refractivity contribution in [2.45, 2.75) is 13.5 Å². The van der Waals surface area contributed by atoms with Crippen LogP contribution in [0.2, 0.25) is 5.15 Å². The molecule has 0 fully saturated rings. The van der Waals surface area contributed by atoms with Crippen LogP contribution in [-0.2, 0) is 6.54 Å². The number of hydrogen-bond donors (Lipinski definition) is 0. The SMILES string of the molecule is CCN(Cc1ccc(OC)cc1)c1cc(Cl)nc2c1ncn2C(=O)Cl. The van der Waals surface area contributed by atoms with Crippen molar-refractivity contribution in [1.29, 1.82) is 0 Å². The van der Waals surface area contributed by atoms with Crippen molar-refractivity contribution in [3.63, 3.8) is 0 Å². The van der Waals surface area contributed by atoms with Crippen molar-refractivity contribution in [3.8, 4) is 5.75 Å². The summed E-state index contributed by atoms with van der Waals surface area (Å²) in [4.78, 5) is 22.1. The number of rotatable bonds is 5. The summed E-state index contributed by atoms with van der Waals surface area (Å²) in [5.74, 6) is 0.806. The summed E-state index contributed by atoms with van der Waals surface area (Å²) in [6.45, 7) is 3.41. The lowest BCUT2D eigenvalue weighted by Crippen LogP contribution is -2.22. The van der Waals surface area contributed by atoms with Crippen LogP contribution in [0, 0.1) is 0 Å². The number of imidazole rings is 1. The maximum absolute atomic E-state index is 11.5. The largest absolute Gasteiger partial charge is 0.497 e. The van der Waals surface area contributed by atoms with E-state index in [9.17, 15) is 4.79 Å². The average Bonchev–Trinajstić information content (AvgIpc) is 3.03. The molecule has 25 heavy (non-hydrogen) atoms. The van der Waals surface area contributed by atoms with Crippen LogP contribution in [0.5, 0.6) is 5.75 Å². The van der Waals surface area contributed by atoms with E-state index in [-0.39, 0.29) is 5.15 Å². The van der Waals surface area contributed by atoms with Crippen LogP contribution >= 0.6 is 23.2 Å². The van der Waals surface area contributed by atoms with E-state index in [4.69, 9.17) is 27.9 Å². The third-order valence-corrected chi connectivity index (χ3v) is 4.27. The fourth-order valence-corrected chi connectivity index (χ4v) is 2.94. The molecule has 130 valence electrons. The predicted octanol–water partition coefficient (Wildman–Crippen LogP) is 4.33. The first-order chi connectivity index (χ1) is 12.0. The number of hydrogen-bond acceptors (Lipinski definition) is 5. The number of carbonyl (C=O) groups excluding carboxylic acids is 1. The number of methoxy groups -OCH3 is 1. The molecule has 6 nitrogen and oxygen atoms in total. The first-order valence-electron chi connectivity index (χ1n) is 7.64. The lowest BCUT2D eigenvalue weighted by molar-refractivity contribution is 0.261. The smallest absolute Gasteiger partial charge is 0.327 e. The first kappa shape index (κ1) is 17.5. The highest BCUT2D eigenvalue weighted by molar-refractivity contribution is 6.63. The van der Waals surface area contributed by atoms with Crippen molar-refractivity contribution in [2.24, 2.45) is 0 Å². The minimum absolute atomic E-state index is 0.273. The van der Waals surface area contributed by atoms with Crippen LogP contribution in [-0.4, -0.2) is 33.6 Å². The molecule has 0 saturated carbocycles. The maximum Gasteiger partial charge on any atom is 0.327 e. The van der Waals surface area contributed by atoms with Crippen molar-refractivity contribution >= 4 is 45.4 Å². The van der Waals surface area contributed by atoms with E-state index in [0.29, 0.717) is 17.7 Å². The third kappa shape index (κ3) is 3.55. The maximum atomic E-state index is 11.5. The fraction of sp³-hybridized carbons (Fsp3) is 0.235. The number of nitrogens with zero attached hydrogens (tertiary/aromatic N) is 4. The minimum Gasteiger partial charge on any atom is -0.497 e. The van der Waals surface area contributed by atoms with Gasteiger partial charge in [0.1, 0.15) is 22.7 Å². The molecule has 2 aromatic heterocycles. The zero-order chi connectivity index (χ0) is 18.0. The minimum atomic E-state index is -0.679. The second-order valence-corrected chi connectivity index (χ2v) is 6.08. The van der Waals surface area contributed by atoms with Crippen LogP contribution < -0.4 is 9.64 Å². The molecule has 0 aliphatic heterocycles. The number of anilines is 1. The highest BCUT2D eigenvalue weighted by atomic mass is 35.5. The van der Waals surface area contributed by atoms with Crippen molar-refractivity contribution in [2.75, 3.05) is 18.6 Å². The van der Waals surface area contributed by atoms with Gasteiger partial charge < -0.3 is 9.64 Å². The summed E-state index contributed by atoms with van der Waals surface area (Å²) in [5, 5.41) is -0.406. The Labute approximate surface area is 154 Å². The molecule has 0 radical (unpaired) electrons. The number of aromatic nitrogens is 3. The van der Waals surface area contributed by atoms with Crippen LogP contribution in [0.15, 0.2) is 36.7 Å². The molecule has 3 rings (SSSR count). The first-order valence-corrected chi connectivity index (χ1v) is 8.40. The Morgan fingerprint density at radius 1 is 1.32 bits per heavy atom. The Kier molecular flexibility index (Phi) is 5.11. The van der Waals surface area contributed by atoms with Crippen LogP contribution in [0.25, 0.3) is 11.2 Å². The molecule has 0 unspecified atom stereocenters. The quantitative estimate of drug-likeness (QED) is 0.488. The lowest BCUT2D eigenvalue weighted by Gasteiger charge is -2.23.